The minimum atomic E-state index is -4.35. The maximum atomic E-state index is 12.6. The normalized spacial score (nSPS) is 22.2. The second-order valence-electron chi connectivity index (χ2n) is 4.45. The number of thioether (sulfide) groups is 1. The molecule has 2 unspecified atom stereocenters. The van der Waals surface area contributed by atoms with E-state index in [1.807, 2.05) is 0 Å². The van der Waals surface area contributed by atoms with Gasteiger partial charge in [0.05, 0.1) is 24.4 Å². The molecule has 6 heteroatoms. The fourth-order valence-corrected chi connectivity index (χ4v) is 2.91. The lowest BCUT2D eigenvalue weighted by Gasteiger charge is -2.26. The largest absolute Gasteiger partial charge is 0.416 e. The molecule has 106 valence electrons. The first-order valence-corrected chi connectivity index (χ1v) is 7.16. The van der Waals surface area contributed by atoms with Crippen molar-refractivity contribution in [3.05, 3.63) is 35.4 Å². The second-order valence-corrected chi connectivity index (χ2v) is 5.60. The van der Waals surface area contributed by atoms with Crippen molar-refractivity contribution < 1.29 is 23.0 Å². The molecule has 0 saturated carbocycles. The van der Waals surface area contributed by atoms with Crippen LogP contribution in [0.2, 0.25) is 0 Å². The van der Waals surface area contributed by atoms with Gasteiger partial charge in [0.25, 0.3) is 0 Å². The number of ether oxygens (including phenoxy) is 1. The van der Waals surface area contributed by atoms with E-state index in [1.165, 1.54) is 6.07 Å². The third kappa shape index (κ3) is 4.12. The summed E-state index contributed by atoms with van der Waals surface area (Å²) in [5.41, 5.74) is -0.211. The molecule has 0 radical (unpaired) electrons. The molecular formula is C13H15F3O2S. The van der Waals surface area contributed by atoms with Crippen LogP contribution in [-0.4, -0.2) is 35.4 Å². The molecule has 1 aromatic rings. The Labute approximate surface area is 114 Å². The van der Waals surface area contributed by atoms with Crippen molar-refractivity contribution in [3.63, 3.8) is 0 Å². The highest BCUT2D eigenvalue weighted by molar-refractivity contribution is 7.99. The molecule has 2 atom stereocenters. The summed E-state index contributed by atoms with van der Waals surface area (Å²) in [4.78, 5) is 0. The maximum absolute atomic E-state index is 12.6. The van der Waals surface area contributed by atoms with E-state index in [1.54, 1.807) is 17.8 Å². The van der Waals surface area contributed by atoms with Gasteiger partial charge in [0.15, 0.2) is 0 Å². The predicted octanol–water partition coefficient (Wildman–Crippen LogP) is 2.74. The molecule has 1 aliphatic rings. The van der Waals surface area contributed by atoms with Crippen LogP contribution in [-0.2, 0) is 17.3 Å². The molecule has 2 nitrogen and oxygen atoms in total. The van der Waals surface area contributed by atoms with Gasteiger partial charge in [0, 0.05) is 17.9 Å². The molecule has 1 aliphatic heterocycles. The zero-order valence-corrected chi connectivity index (χ0v) is 11.0. The minimum absolute atomic E-state index is 0.176. The second kappa shape index (κ2) is 6.15. The highest BCUT2D eigenvalue weighted by Gasteiger charge is 2.31. The number of halogens is 3. The van der Waals surface area contributed by atoms with Crippen LogP contribution >= 0.6 is 11.8 Å². The van der Waals surface area contributed by atoms with E-state index in [4.69, 9.17) is 4.74 Å². The van der Waals surface area contributed by atoms with E-state index in [2.05, 4.69) is 0 Å². The third-order valence-corrected chi connectivity index (χ3v) is 3.99. The number of alkyl halides is 3. The van der Waals surface area contributed by atoms with Gasteiger partial charge in [-0.05, 0) is 11.6 Å². The molecule has 1 N–H and O–H groups in total. The summed E-state index contributed by atoms with van der Waals surface area (Å²) >= 11 is 1.68. The minimum Gasteiger partial charge on any atom is -0.390 e. The van der Waals surface area contributed by atoms with Crippen molar-refractivity contribution in [3.8, 4) is 0 Å². The Morgan fingerprint density at radius 2 is 2.21 bits per heavy atom. The van der Waals surface area contributed by atoms with Crippen molar-refractivity contribution in [2.45, 2.75) is 24.8 Å². The van der Waals surface area contributed by atoms with E-state index in [9.17, 15) is 18.3 Å². The van der Waals surface area contributed by atoms with Crippen LogP contribution in [0, 0.1) is 0 Å². The molecule has 2 rings (SSSR count). The van der Waals surface area contributed by atoms with Gasteiger partial charge in [0.1, 0.15) is 0 Å². The molecule has 0 aliphatic carbocycles. The first kappa shape index (κ1) is 14.7. The maximum Gasteiger partial charge on any atom is 0.416 e. The SMILES string of the molecule is OC(Cc1cccc(C(F)(F)F)c1)C1CSCCO1. The van der Waals surface area contributed by atoms with Gasteiger partial charge in [0.2, 0.25) is 0 Å². The highest BCUT2D eigenvalue weighted by atomic mass is 32.2. The van der Waals surface area contributed by atoms with Gasteiger partial charge in [-0.3, -0.25) is 0 Å². The first-order chi connectivity index (χ1) is 8.97. The van der Waals surface area contributed by atoms with Crippen molar-refractivity contribution in [2.75, 3.05) is 18.1 Å². The molecule has 0 spiro atoms. The lowest BCUT2D eigenvalue weighted by Crippen LogP contribution is -2.36. The molecule has 0 aromatic heterocycles. The lowest BCUT2D eigenvalue weighted by atomic mass is 10.0. The third-order valence-electron chi connectivity index (χ3n) is 2.97. The van der Waals surface area contributed by atoms with Crippen molar-refractivity contribution in [2.24, 2.45) is 0 Å². The van der Waals surface area contributed by atoms with Gasteiger partial charge < -0.3 is 9.84 Å². The molecule has 19 heavy (non-hydrogen) atoms. The molecule has 1 aromatic carbocycles. The number of aliphatic hydroxyl groups is 1. The van der Waals surface area contributed by atoms with Crippen LogP contribution < -0.4 is 0 Å². The highest BCUT2D eigenvalue weighted by Crippen LogP contribution is 2.30. The Morgan fingerprint density at radius 3 is 2.84 bits per heavy atom. The summed E-state index contributed by atoms with van der Waals surface area (Å²) in [6.07, 6.45) is -5.24. The summed E-state index contributed by atoms with van der Waals surface area (Å²) < 4.78 is 43.1. The number of hydrogen-bond donors (Lipinski definition) is 1. The van der Waals surface area contributed by atoms with E-state index in [0.29, 0.717) is 17.9 Å². The fourth-order valence-electron chi connectivity index (χ4n) is 1.98. The predicted molar refractivity (Wildman–Crippen MR) is 68.2 cm³/mol. The Bertz CT molecular complexity index is 417. The smallest absolute Gasteiger partial charge is 0.390 e. The standard InChI is InChI=1S/C13H15F3O2S/c14-13(15,16)10-3-1-2-9(6-10)7-11(17)12-8-19-5-4-18-12/h1-3,6,11-12,17H,4-5,7-8H2. The van der Waals surface area contributed by atoms with Crippen LogP contribution in [0.3, 0.4) is 0 Å². The van der Waals surface area contributed by atoms with Gasteiger partial charge in [-0.1, -0.05) is 18.2 Å². The Balaban J connectivity index is 2.02. The Hall–Kier alpha value is -0.720. The summed E-state index contributed by atoms with van der Waals surface area (Å²) in [7, 11) is 0. The molecule has 1 heterocycles. The first-order valence-electron chi connectivity index (χ1n) is 6.00. The van der Waals surface area contributed by atoms with Crippen LogP contribution in [0.15, 0.2) is 24.3 Å². The summed E-state index contributed by atoms with van der Waals surface area (Å²) in [6.45, 7) is 0.578. The molecule has 0 bridgehead atoms. The zero-order valence-electron chi connectivity index (χ0n) is 10.2. The molecule has 0 amide bonds. The van der Waals surface area contributed by atoms with E-state index < -0.39 is 17.8 Å². The lowest BCUT2D eigenvalue weighted by molar-refractivity contribution is -0.137. The number of benzene rings is 1. The van der Waals surface area contributed by atoms with Gasteiger partial charge in [-0.25, -0.2) is 0 Å². The van der Waals surface area contributed by atoms with E-state index >= 15 is 0 Å². The Morgan fingerprint density at radius 1 is 1.42 bits per heavy atom. The van der Waals surface area contributed by atoms with Crippen LogP contribution in [0.5, 0.6) is 0 Å². The van der Waals surface area contributed by atoms with Crippen LogP contribution in [0.4, 0.5) is 13.2 Å². The van der Waals surface area contributed by atoms with E-state index in [-0.39, 0.29) is 12.5 Å². The van der Waals surface area contributed by atoms with E-state index in [0.717, 1.165) is 17.9 Å². The number of rotatable bonds is 3. The summed E-state index contributed by atoms with van der Waals surface area (Å²) in [6, 6.07) is 5.07. The number of hydrogen-bond acceptors (Lipinski definition) is 3. The van der Waals surface area contributed by atoms with Crippen molar-refractivity contribution in [1.82, 2.24) is 0 Å². The van der Waals surface area contributed by atoms with Crippen molar-refractivity contribution in [1.29, 1.82) is 0 Å². The summed E-state index contributed by atoms with van der Waals surface area (Å²) in [5.74, 6) is 1.58. The van der Waals surface area contributed by atoms with Gasteiger partial charge in [-0.2, -0.15) is 24.9 Å². The van der Waals surface area contributed by atoms with Gasteiger partial charge in [-0.15, -0.1) is 0 Å². The fraction of sp³-hybridized carbons (Fsp3) is 0.538. The topological polar surface area (TPSA) is 29.5 Å². The van der Waals surface area contributed by atoms with Crippen LogP contribution in [0.1, 0.15) is 11.1 Å². The monoisotopic (exact) mass is 292 g/mol. The molecular weight excluding hydrogens is 277 g/mol. The summed E-state index contributed by atoms with van der Waals surface area (Å²) in [5, 5.41) is 10.0. The molecule has 1 saturated heterocycles. The van der Waals surface area contributed by atoms with Crippen LogP contribution in [0.25, 0.3) is 0 Å². The van der Waals surface area contributed by atoms with Gasteiger partial charge >= 0.3 is 6.18 Å². The van der Waals surface area contributed by atoms with Crippen molar-refractivity contribution >= 4 is 11.8 Å². The average molecular weight is 292 g/mol. The quantitative estimate of drug-likeness (QED) is 0.929. The Kier molecular flexibility index (Phi) is 4.76. The molecule has 1 fully saturated rings. The average Bonchev–Trinajstić information content (AvgIpc) is 2.39. The number of aliphatic hydroxyl groups excluding tert-OH is 1. The zero-order chi connectivity index (χ0) is 13.9.